The number of halogens is 1. The molecule has 1 rings (SSSR count). The van der Waals surface area contributed by atoms with Gasteiger partial charge in [-0.25, -0.2) is 9.78 Å². The predicted octanol–water partition coefficient (Wildman–Crippen LogP) is 1.95. The minimum atomic E-state index is -0.555. The number of nitrogens with two attached hydrogens (primary N) is 1. The van der Waals surface area contributed by atoms with E-state index in [1.807, 2.05) is 14.1 Å². The van der Waals surface area contributed by atoms with Crippen molar-refractivity contribution in [3.63, 3.8) is 0 Å². The molecule has 0 saturated carbocycles. The van der Waals surface area contributed by atoms with Crippen molar-refractivity contribution in [1.29, 1.82) is 0 Å². The normalized spacial score (nSPS) is 10.5. The van der Waals surface area contributed by atoms with Crippen molar-refractivity contribution in [3.8, 4) is 0 Å². The van der Waals surface area contributed by atoms with Gasteiger partial charge in [0.15, 0.2) is 0 Å². The van der Waals surface area contributed by atoms with Gasteiger partial charge < -0.3 is 15.4 Å². The summed E-state index contributed by atoms with van der Waals surface area (Å²) in [4.78, 5) is 17.6. The molecule has 1 aromatic heterocycles. The zero-order chi connectivity index (χ0) is 13.2. The van der Waals surface area contributed by atoms with Crippen LogP contribution in [0, 0.1) is 0 Å². The van der Waals surface area contributed by atoms with Crippen molar-refractivity contribution in [3.05, 3.63) is 16.7 Å². The second kappa shape index (κ2) is 5.23. The number of hydrogen-bond donors (Lipinski definition) is 1. The minimum absolute atomic E-state index is 0.0758. The minimum Gasteiger partial charge on any atom is -0.459 e. The van der Waals surface area contributed by atoms with Crippen LogP contribution in [0.3, 0.4) is 0 Å². The van der Waals surface area contributed by atoms with Gasteiger partial charge in [-0.05, 0) is 13.8 Å². The first kappa shape index (κ1) is 13.6. The van der Waals surface area contributed by atoms with E-state index in [0.717, 1.165) is 0 Å². The maximum atomic E-state index is 11.7. The van der Waals surface area contributed by atoms with Crippen molar-refractivity contribution in [2.45, 2.75) is 20.0 Å². The maximum Gasteiger partial charge on any atom is 0.343 e. The number of nitrogen functional groups attached to an aromatic ring is 1. The maximum absolute atomic E-state index is 11.7. The molecule has 0 saturated heterocycles. The fourth-order valence-electron chi connectivity index (χ4n) is 1.22. The summed E-state index contributed by atoms with van der Waals surface area (Å²) in [5, 5.41) is 0.242. The van der Waals surface area contributed by atoms with Crippen molar-refractivity contribution >= 4 is 29.2 Å². The van der Waals surface area contributed by atoms with Crippen LogP contribution in [0.1, 0.15) is 24.2 Å². The van der Waals surface area contributed by atoms with Gasteiger partial charge >= 0.3 is 5.97 Å². The van der Waals surface area contributed by atoms with Crippen LogP contribution in [0.5, 0.6) is 0 Å². The Morgan fingerprint density at radius 1 is 1.53 bits per heavy atom. The summed E-state index contributed by atoms with van der Waals surface area (Å²) < 4.78 is 5.04. The molecule has 17 heavy (non-hydrogen) atoms. The topological polar surface area (TPSA) is 68.5 Å². The van der Waals surface area contributed by atoms with Gasteiger partial charge in [-0.15, -0.1) is 0 Å². The van der Waals surface area contributed by atoms with E-state index < -0.39 is 5.97 Å². The van der Waals surface area contributed by atoms with E-state index in [1.165, 1.54) is 0 Å². The van der Waals surface area contributed by atoms with Crippen LogP contribution in [0.15, 0.2) is 6.07 Å². The van der Waals surface area contributed by atoms with Crippen LogP contribution >= 0.6 is 11.6 Å². The largest absolute Gasteiger partial charge is 0.459 e. The van der Waals surface area contributed by atoms with E-state index in [1.54, 1.807) is 24.8 Å². The van der Waals surface area contributed by atoms with Gasteiger partial charge in [0.05, 0.1) is 11.1 Å². The number of pyridine rings is 1. The molecule has 0 bridgehead atoms. The number of nitrogens with zero attached hydrogens (tertiary/aromatic N) is 2. The second-order valence-electron chi connectivity index (χ2n) is 4.07. The third kappa shape index (κ3) is 3.23. The van der Waals surface area contributed by atoms with Crippen LogP contribution in [-0.2, 0) is 4.74 Å². The van der Waals surface area contributed by atoms with Crippen LogP contribution in [0.25, 0.3) is 0 Å². The van der Waals surface area contributed by atoms with Gasteiger partial charge in [0.1, 0.15) is 17.2 Å². The molecule has 0 aliphatic heterocycles. The molecule has 1 aromatic rings. The number of esters is 1. The van der Waals surface area contributed by atoms with Crippen LogP contribution in [0.4, 0.5) is 11.6 Å². The van der Waals surface area contributed by atoms with E-state index in [2.05, 4.69) is 4.98 Å². The highest BCUT2D eigenvalue weighted by Gasteiger charge is 2.19. The number of hydrogen-bond acceptors (Lipinski definition) is 5. The molecule has 6 heteroatoms. The lowest BCUT2D eigenvalue weighted by Gasteiger charge is -2.15. The Hall–Kier alpha value is -1.49. The number of carbonyl (C=O) groups excluding carboxylic acids is 1. The summed E-state index contributed by atoms with van der Waals surface area (Å²) >= 11 is 6.01. The molecule has 0 atom stereocenters. The number of aromatic nitrogens is 1. The highest BCUT2D eigenvalue weighted by atomic mass is 35.5. The van der Waals surface area contributed by atoms with E-state index >= 15 is 0 Å². The lowest BCUT2D eigenvalue weighted by Crippen LogP contribution is -2.17. The molecular formula is C11H16ClN3O2. The smallest absolute Gasteiger partial charge is 0.343 e. The summed E-state index contributed by atoms with van der Waals surface area (Å²) in [5.74, 6) is 0.112. The van der Waals surface area contributed by atoms with E-state index in [0.29, 0.717) is 5.82 Å². The molecule has 0 spiro atoms. The standard InChI is InChI=1S/C11H16ClN3O2/c1-6(2)17-11(16)9-7(12)5-8(15(3)4)14-10(9)13/h5-6H,1-4H3,(H2,13,14). The molecule has 94 valence electrons. The van der Waals surface area contributed by atoms with E-state index in [4.69, 9.17) is 22.1 Å². The summed E-state index contributed by atoms with van der Waals surface area (Å²) in [6.45, 7) is 3.51. The Kier molecular flexibility index (Phi) is 4.17. The quantitative estimate of drug-likeness (QED) is 0.839. The van der Waals surface area contributed by atoms with Gasteiger partial charge in [0.25, 0.3) is 0 Å². The van der Waals surface area contributed by atoms with Gasteiger partial charge in [0, 0.05) is 20.2 Å². The fourth-order valence-corrected chi connectivity index (χ4v) is 1.50. The third-order valence-corrected chi connectivity index (χ3v) is 2.29. The highest BCUT2D eigenvalue weighted by Crippen LogP contribution is 2.26. The number of anilines is 2. The molecule has 0 radical (unpaired) electrons. The average Bonchev–Trinajstić information content (AvgIpc) is 2.14. The molecule has 0 aliphatic carbocycles. The lowest BCUT2D eigenvalue weighted by molar-refractivity contribution is 0.0379. The van der Waals surface area contributed by atoms with E-state index in [-0.39, 0.29) is 22.5 Å². The van der Waals surface area contributed by atoms with Crippen LogP contribution < -0.4 is 10.6 Å². The first-order valence-corrected chi connectivity index (χ1v) is 5.55. The molecule has 1 heterocycles. The highest BCUT2D eigenvalue weighted by molar-refractivity contribution is 6.34. The molecular weight excluding hydrogens is 242 g/mol. The molecule has 0 unspecified atom stereocenters. The van der Waals surface area contributed by atoms with Crippen LogP contribution in [-0.4, -0.2) is 31.2 Å². The Bertz CT molecular complexity index is 410. The van der Waals surface area contributed by atoms with Gasteiger partial charge in [-0.3, -0.25) is 0 Å². The summed E-state index contributed by atoms with van der Waals surface area (Å²) in [5.41, 5.74) is 5.83. The molecule has 0 amide bonds. The first-order chi connectivity index (χ1) is 7.82. The van der Waals surface area contributed by atoms with Crippen molar-refractivity contribution < 1.29 is 9.53 Å². The van der Waals surface area contributed by atoms with Gasteiger partial charge in [0.2, 0.25) is 0 Å². The monoisotopic (exact) mass is 257 g/mol. The van der Waals surface area contributed by atoms with E-state index in [9.17, 15) is 4.79 Å². The summed E-state index contributed by atoms with van der Waals surface area (Å²) in [7, 11) is 3.62. The van der Waals surface area contributed by atoms with Crippen molar-refractivity contribution in [1.82, 2.24) is 4.98 Å². The lowest BCUT2D eigenvalue weighted by atomic mass is 10.2. The zero-order valence-corrected chi connectivity index (χ0v) is 11.1. The molecule has 0 fully saturated rings. The van der Waals surface area contributed by atoms with Crippen molar-refractivity contribution in [2.24, 2.45) is 0 Å². The SMILES string of the molecule is CC(C)OC(=O)c1c(Cl)cc(N(C)C)nc1N. The predicted molar refractivity (Wildman–Crippen MR) is 68.5 cm³/mol. The van der Waals surface area contributed by atoms with Crippen molar-refractivity contribution in [2.75, 3.05) is 24.7 Å². The summed E-state index contributed by atoms with van der Waals surface area (Å²) in [6.07, 6.45) is -0.230. The van der Waals surface area contributed by atoms with Gasteiger partial charge in [-0.1, -0.05) is 11.6 Å². The third-order valence-electron chi connectivity index (χ3n) is 1.99. The Labute approximate surface area is 106 Å². The number of ether oxygens (including phenoxy) is 1. The Morgan fingerprint density at radius 3 is 2.53 bits per heavy atom. The van der Waals surface area contributed by atoms with Crippen LogP contribution in [0.2, 0.25) is 5.02 Å². The average molecular weight is 258 g/mol. The fraction of sp³-hybridized carbons (Fsp3) is 0.455. The molecule has 2 N–H and O–H groups in total. The first-order valence-electron chi connectivity index (χ1n) is 5.17. The number of carbonyl (C=O) groups is 1. The summed E-state index contributed by atoms with van der Waals surface area (Å²) in [6, 6.07) is 1.58. The second-order valence-corrected chi connectivity index (χ2v) is 4.48. The molecule has 5 nitrogen and oxygen atoms in total. The molecule has 0 aromatic carbocycles. The Balaban J connectivity index is 3.14. The molecule has 0 aliphatic rings. The zero-order valence-electron chi connectivity index (χ0n) is 10.3. The van der Waals surface area contributed by atoms with Gasteiger partial charge in [-0.2, -0.15) is 0 Å². The Morgan fingerprint density at radius 2 is 2.12 bits per heavy atom. The number of rotatable bonds is 3.